The summed E-state index contributed by atoms with van der Waals surface area (Å²) in [5.41, 5.74) is 0.791. The van der Waals surface area contributed by atoms with E-state index in [0.717, 1.165) is 5.56 Å². The van der Waals surface area contributed by atoms with Gasteiger partial charge in [-0.3, -0.25) is 9.59 Å². The number of rotatable bonds is 6. The number of nitrogens with one attached hydrogen (secondary N) is 2. The van der Waals surface area contributed by atoms with Crippen molar-refractivity contribution in [1.82, 2.24) is 5.32 Å². The van der Waals surface area contributed by atoms with Crippen molar-refractivity contribution in [2.24, 2.45) is 0 Å². The number of benzene rings is 2. The number of carbonyl (C=O) groups is 2. The van der Waals surface area contributed by atoms with E-state index in [9.17, 15) is 14.0 Å². The molecule has 2 rings (SSSR count). The number of para-hydroxylation sites is 1. The van der Waals surface area contributed by atoms with Crippen LogP contribution in [0.2, 0.25) is 0 Å². The number of carbonyl (C=O) groups excluding carboxylic acids is 2. The minimum absolute atomic E-state index is 0.0956. The maximum absolute atomic E-state index is 13.6. The Labute approximate surface area is 147 Å². The Kier molecular flexibility index (Phi) is 5.91. The summed E-state index contributed by atoms with van der Waals surface area (Å²) in [4.78, 5) is 24.4. The molecule has 2 aromatic carbocycles. The summed E-state index contributed by atoms with van der Waals surface area (Å²) in [5.74, 6) is -1.21. The van der Waals surface area contributed by atoms with Crippen LogP contribution in [0, 0.1) is 5.82 Å². The van der Waals surface area contributed by atoms with Crippen LogP contribution in [-0.4, -0.2) is 17.9 Å². The maximum atomic E-state index is 13.6. The van der Waals surface area contributed by atoms with Crippen LogP contribution >= 0.6 is 0 Å². The van der Waals surface area contributed by atoms with Gasteiger partial charge in [0.1, 0.15) is 11.9 Å². The Morgan fingerprint density at radius 2 is 1.64 bits per heavy atom. The van der Waals surface area contributed by atoms with E-state index in [2.05, 4.69) is 10.6 Å². The largest absolute Gasteiger partial charge is 0.345 e. The summed E-state index contributed by atoms with van der Waals surface area (Å²) < 4.78 is 13.6. The van der Waals surface area contributed by atoms with Crippen LogP contribution in [0.4, 0.5) is 10.1 Å². The highest BCUT2D eigenvalue weighted by Gasteiger charge is 2.26. The third kappa shape index (κ3) is 5.14. The van der Waals surface area contributed by atoms with Crippen molar-refractivity contribution in [3.05, 3.63) is 66.0 Å². The van der Waals surface area contributed by atoms with E-state index in [4.69, 9.17) is 0 Å². The second-order valence-corrected chi connectivity index (χ2v) is 6.68. The van der Waals surface area contributed by atoms with E-state index >= 15 is 0 Å². The fourth-order valence-corrected chi connectivity index (χ4v) is 2.55. The Morgan fingerprint density at radius 3 is 2.28 bits per heavy atom. The quantitative estimate of drug-likeness (QED) is 0.842. The summed E-state index contributed by atoms with van der Waals surface area (Å²) in [7, 11) is 0. The first-order valence-corrected chi connectivity index (χ1v) is 8.20. The molecule has 1 unspecified atom stereocenters. The first kappa shape index (κ1) is 18.6. The van der Waals surface area contributed by atoms with Crippen LogP contribution in [0.25, 0.3) is 0 Å². The van der Waals surface area contributed by atoms with Gasteiger partial charge in [-0.05, 0) is 30.0 Å². The van der Waals surface area contributed by atoms with E-state index in [1.54, 1.807) is 19.1 Å². The predicted octanol–water partition coefficient (Wildman–Crippen LogP) is 3.64. The lowest BCUT2D eigenvalue weighted by molar-refractivity contribution is -0.126. The zero-order valence-corrected chi connectivity index (χ0v) is 14.7. The van der Waals surface area contributed by atoms with Gasteiger partial charge in [-0.2, -0.15) is 0 Å². The van der Waals surface area contributed by atoms with Crippen LogP contribution in [0.1, 0.15) is 32.8 Å². The standard InChI is InChI=1S/C20H23FN2O2/c1-14(19(25)23-17-12-8-7-11-16(17)21)22-18(24)13-20(2,3)15-9-5-4-6-10-15/h4-12,14H,13H2,1-3H3,(H,22,24)(H,23,25). The summed E-state index contributed by atoms with van der Waals surface area (Å²) in [5, 5.41) is 5.15. The number of anilines is 1. The van der Waals surface area contributed by atoms with Gasteiger partial charge in [0.05, 0.1) is 5.69 Å². The SMILES string of the molecule is CC(NC(=O)CC(C)(C)c1ccccc1)C(=O)Nc1ccccc1F. The Morgan fingerprint density at radius 1 is 1.04 bits per heavy atom. The highest BCUT2D eigenvalue weighted by Crippen LogP contribution is 2.26. The normalized spacial score (nSPS) is 12.3. The molecule has 0 aliphatic carbocycles. The van der Waals surface area contributed by atoms with Gasteiger partial charge in [0.2, 0.25) is 11.8 Å². The third-order valence-corrected chi connectivity index (χ3v) is 4.06. The maximum Gasteiger partial charge on any atom is 0.246 e. The third-order valence-electron chi connectivity index (χ3n) is 4.06. The minimum atomic E-state index is -0.765. The molecule has 2 aromatic rings. The van der Waals surface area contributed by atoms with Crippen LogP contribution in [-0.2, 0) is 15.0 Å². The van der Waals surface area contributed by atoms with Gasteiger partial charge in [-0.1, -0.05) is 56.3 Å². The van der Waals surface area contributed by atoms with Crippen molar-refractivity contribution >= 4 is 17.5 Å². The molecule has 0 heterocycles. The van der Waals surface area contributed by atoms with E-state index in [1.165, 1.54) is 12.1 Å². The zero-order chi connectivity index (χ0) is 18.4. The molecule has 0 spiro atoms. The first-order valence-electron chi connectivity index (χ1n) is 8.20. The summed E-state index contributed by atoms with van der Waals surface area (Å²) in [6.07, 6.45) is 0.244. The van der Waals surface area contributed by atoms with Crippen LogP contribution in [0.15, 0.2) is 54.6 Å². The number of hydrogen-bond donors (Lipinski definition) is 2. The number of halogens is 1. The lowest BCUT2D eigenvalue weighted by Gasteiger charge is -2.25. The molecule has 0 fully saturated rings. The second-order valence-electron chi connectivity index (χ2n) is 6.68. The van der Waals surface area contributed by atoms with Crippen LogP contribution < -0.4 is 10.6 Å². The van der Waals surface area contributed by atoms with Crippen molar-refractivity contribution in [2.45, 2.75) is 38.6 Å². The molecule has 0 aliphatic rings. The first-order chi connectivity index (χ1) is 11.8. The number of amides is 2. The topological polar surface area (TPSA) is 58.2 Å². The lowest BCUT2D eigenvalue weighted by atomic mass is 9.81. The molecule has 25 heavy (non-hydrogen) atoms. The predicted molar refractivity (Wildman–Crippen MR) is 96.7 cm³/mol. The second kappa shape index (κ2) is 7.92. The Balaban J connectivity index is 1.93. The average Bonchev–Trinajstić information content (AvgIpc) is 2.57. The molecule has 4 nitrogen and oxygen atoms in total. The monoisotopic (exact) mass is 342 g/mol. The van der Waals surface area contributed by atoms with Gasteiger partial charge < -0.3 is 10.6 Å². The molecule has 2 amide bonds. The smallest absolute Gasteiger partial charge is 0.246 e. The Bertz CT molecular complexity index is 744. The highest BCUT2D eigenvalue weighted by atomic mass is 19.1. The van der Waals surface area contributed by atoms with Gasteiger partial charge in [0.15, 0.2) is 0 Å². The van der Waals surface area contributed by atoms with Gasteiger partial charge in [0.25, 0.3) is 0 Å². The van der Waals surface area contributed by atoms with Crippen molar-refractivity contribution in [1.29, 1.82) is 0 Å². The minimum Gasteiger partial charge on any atom is -0.345 e. The van der Waals surface area contributed by atoms with Crippen molar-refractivity contribution < 1.29 is 14.0 Å². The lowest BCUT2D eigenvalue weighted by Crippen LogP contribution is -2.43. The summed E-state index contributed by atoms with van der Waals surface area (Å²) in [6.45, 7) is 5.53. The molecule has 0 saturated heterocycles. The fraction of sp³-hybridized carbons (Fsp3) is 0.300. The molecule has 0 aliphatic heterocycles. The van der Waals surface area contributed by atoms with Gasteiger partial charge in [0, 0.05) is 6.42 Å². The van der Waals surface area contributed by atoms with Gasteiger partial charge >= 0.3 is 0 Å². The van der Waals surface area contributed by atoms with Crippen molar-refractivity contribution in [3.8, 4) is 0 Å². The molecule has 1 atom stereocenters. The Hall–Kier alpha value is -2.69. The van der Waals surface area contributed by atoms with Crippen molar-refractivity contribution in [3.63, 3.8) is 0 Å². The van der Waals surface area contributed by atoms with Crippen LogP contribution in [0.5, 0.6) is 0 Å². The highest BCUT2D eigenvalue weighted by molar-refractivity contribution is 5.97. The molecular formula is C20H23FN2O2. The van der Waals surface area contributed by atoms with Gasteiger partial charge in [-0.15, -0.1) is 0 Å². The number of hydrogen-bond acceptors (Lipinski definition) is 2. The van der Waals surface area contributed by atoms with E-state index < -0.39 is 17.8 Å². The van der Waals surface area contributed by atoms with Crippen LogP contribution in [0.3, 0.4) is 0 Å². The molecule has 132 valence electrons. The summed E-state index contributed by atoms with van der Waals surface area (Å²) in [6, 6.07) is 14.9. The molecule has 2 N–H and O–H groups in total. The molecule has 0 bridgehead atoms. The van der Waals surface area contributed by atoms with E-state index in [0.29, 0.717) is 0 Å². The molecule has 0 radical (unpaired) electrons. The molecular weight excluding hydrogens is 319 g/mol. The zero-order valence-electron chi connectivity index (χ0n) is 14.7. The van der Waals surface area contributed by atoms with Gasteiger partial charge in [-0.25, -0.2) is 4.39 Å². The molecule has 5 heteroatoms. The molecule has 0 aromatic heterocycles. The van der Waals surface area contributed by atoms with E-state index in [1.807, 2.05) is 44.2 Å². The van der Waals surface area contributed by atoms with E-state index in [-0.39, 0.29) is 23.4 Å². The fourth-order valence-electron chi connectivity index (χ4n) is 2.55. The average molecular weight is 342 g/mol. The summed E-state index contributed by atoms with van der Waals surface area (Å²) >= 11 is 0. The van der Waals surface area contributed by atoms with Crippen molar-refractivity contribution in [2.75, 3.05) is 5.32 Å². The molecule has 0 saturated carbocycles.